The van der Waals surface area contributed by atoms with Crippen molar-refractivity contribution in [2.24, 2.45) is 5.84 Å². The number of benzene rings is 1. The lowest BCUT2D eigenvalue weighted by atomic mass is 10.00. The third kappa shape index (κ3) is 4.72. The maximum Gasteiger partial charge on any atom is 0.0576 e. The molecule has 1 fully saturated rings. The molecule has 106 valence electrons. The van der Waals surface area contributed by atoms with Gasteiger partial charge in [-0.2, -0.15) is 0 Å². The SMILES string of the molecule is NNC(CCC1CCCO1)Cc1ccc(Br)cc1Cl. The Balaban J connectivity index is 1.86. The Kier molecular flexibility index (Phi) is 6.10. The second-order valence-corrected chi connectivity index (χ2v) is 6.34. The highest BCUT2D eigenvalue weighted by atomic mass is 79.9. The lowest BCUT2D eigenvalue weighted by Crippen LogP contribution is -2.37. The molecule has 2 unspecified atom stereocenters. The van der Waals surface area contributed by atoms with Crippen LogP contribution in [0.5, 0.6) is 0 Å². The van der Waals surface area contributed by atoms with E-state index >= 15 is 0 Å². The summed E-state index contributed by atoms with van der Waals surface area (Å²) in [4.78, 5) is 0. The summed E-state index contributed by atoms with van der Waals surface area (Å²) < 4.78 is 6.63. The van der Waals surface area contributed by atoms with Gasteiger partial charge in [-0.3, -0.25) is 11.3 Å². The smallest absolute Gasteiger partial charge is 0.0576 e. The topological polar surface area (TPSA) is 47.3 Å². The van der Waals surface area contributed by atoms with Crippen LogP contribution in [0.15, 0.2) is 22.7 Å². The molecule has 1 heterocycles. The fourth-order valence-corrected chi connectivity index (χ4v) is 3.21. The first kappa shape index (κ1) is 15.3. The lowest BCUT2D eigenvalue weighted by Gasteiger charge is -2.18. The number of ether oxygens (including phenoxy) is 1. The van der Waals surface area contributed by atoms with Crippen molar-refractivity contribution in [3.63, 3.8) is 0 Å². The third-order valence-electron chi connectivity index (χ3n) is 3.58. The predicted molar refractivity (Wildman–Crippen MR) is 82.2 cm³/mol. The number of hydrogen-bond acceptors (Lipinski definition) is 3. The summed E-state index contributed by atoms with van der Waals surface area (Å²) in [5.41, 5.74) is 4.02. The maximum absolute atomic E-state index is 6.23. The van der Waals surface area contributed by atoms with Gasteiger partial charge in [-0.15, -0.1) is 0 Å². The van der Waals surface area contributed by atoms with E-state index in [4.69, 9.17) is 22.2 Å². The number of rotatable bonds is 6. The molecule has 0 aliphatic carbocycles. The van der Waals surface area contributed by atoms with Crippen molar-refractivity contribution in [1.82, 2.24) is 5.43 Å². The Morgan fingerprint density at radius 3 is 3.00 bits per heavy atom. The van der Waals surface area contributed by atoms with Crippen molar-refractivity contribution >= 4 is 27.5 Å². The average Bonchev–Trinajstić information content (AvgIpc) is 2.90. The lowest BCUT2D eigenvalue weighted by molar-refractivity contribution is 0.0996. The third-order valence-corrected chi connectivity index (χ3v) is 4.42. The van der Waals surface area contributed by atoms with E-state index in [1.165, 1.54) is 12.8 Å². The van der Waals surface area contributed by atoms with E-state index in [9.17, 15) is 0 Å². The molecule has 19 heavy (non-hydrogen) atoms. The monoisotopic (exact) mass is 346 g/mol. The summed E-state index contributed by atoms with van der Waals surface area (Å²) in [6.45, 7) is 0.907. The van der Waals surface area contributed by atoms with Crippen LogP contribution < -0.4 is 11.3 Å². The van der Waals surface area contributed by atoms with Crippen LogP contribution in [0, 0.1) is 0 Å². The highest BCUT2D eigenvalue weighted by molar-refractivity contribution is 9.10. The van der Waals surface area contributed by atoms with Crippen molar-refractivity contribution < 1.29 is 4.74 Å². The van der Waals surface area contributed by atoms with Crippen LogP contribution in [0.4, 0.5) is 0 Å². The first-order valence-corrected chi connectivity index (χ1v) is 7.88. The van der Waals surface area contributed by atoms with Gasteiger partial charge in [0.25, 0.3) is 0 Å². The number of hydrazine groups is 1. The van der Waals surface area contributed by atoms with E-state index in [1.54, 1.807) is 0 Å². The summed E-state index contributed by atoms with van der Waals surface area (Å²) in [6.07, 6.45) is 5.68. The van der Waals surface area contributed by atoms with Crippen LogP contribution in [0.2, 0.25) is 5.02 Å². The Hall–Kier alpha value is -0.130. The largest absolute Gasteiger partial charge is 0.378 e. The van der Waals surface area contributed by atoms with Crippen LogP contribution in [-0.2, 0) is 11.2 Å². The van der Waals surface area contributed by atoms with Gasteiger partial charge in [-0.05, 0) is 49.8 Å². The molecule has 1 aliphatic heterocycles. The van der Waals surface area contributed by atoms with Crippen molar-refractivity contribution in [2.45, 2.75) is 44.2 Å². The molecule has 3 nitrogen and oxygen atoms in total. The molecule has 1 aromatic carbocycles. The molecule has 5 heteroatoms. The van der Waals surface area contributed by atoms with E-state index in [0.717, 1.165) is 40.9 Å². The molecule has 0 radical (unpaired) electrons. The molecule has 2 atom stereocenters. The Labute approximate surface area is 127 Å². The zero-order valence-corrected chi connectivity index (χ0v) is 13.2. The van der Waals surface area contributed by atoms with Crippen LogP contribution in [0.1, 0.15) is 31.2 Å². The molecule has 0 saturated carbocycles. The molecule has 1 aromatic rings. The minimum atomic E-state index is 0.239. The van der Waals surface area contributed by atoms with Gasteiger partial charge in [0.05, 0.1) is 6.10 Å². The van der Waals surface area contributed by atoms with E-state index in [-0.39, 0.29) is 6.04 Å². The number of nitrogens with two attached hydrogens (primary N) is 1. The van der Waals surface area contributed by atoms with Gasteiger partial charge in [-0.1, -0.05) is 33.6 Å². The van der Waals surface area contributed by atoms with E-state index < -0.39 is 0 Å². The Bertz CT molecular complexity index is 410. The summed E-state index contributed by atoms with van der Waals surface area (Å²) in [5, 5.41) is 0.784. The molecule has 2 rings (SSSR count). The standard InChI is InChI=1S/C14H20BrClN2O/c15-11-4-3-10(14(16)9-11)8-12(18-17)5-6-13-2-1-7-19-13/h3-4,9,12-13,18H,1-2,5-8,17H2. The second kappa shape index (κ2) is 7.60. The molecule has 0 aromatic heterocycles. The van der Waals surface area contributed by atoms with E-state index in [1.807, 2.05) is 18.2 Å². The van der Waals surface area contributed by atoms with Crippen LogP contribution in [-0.4, -0.2) is 18.8 Å². The van der Waals surface area contributed by atoms with Crippen molar-refractivity contribution in [3.8, 4) is 0 Å². The average molecular weight is 348 g/mol. The molecule has 3 N–H and O–H groups in total. The summed E-state index contributed by atoms with van der Waals surface area (Å²) in [6, 6.07) is 6.21. The predicted octanol–water partition coefficient (Wildman–Crippen LogP) is 3.44. The van der Waals surface area contributed by atoms with Gasteiger partial charge in [-0.25, -0.2) is 0 Å². The zero-order valence-electron chi connectivity index (χ0n) is 10.9. The van der Waals surface area contributed by atoms with Gasteiger partial charge < -0.3 is 4.74 Å². The van der Waals surface area contributed by atoms with Crippen molar-refractivity contribution in [1.29, 1.82) is 0 Å². The first-order chi connectivity index (χ1) is 9.19. The summed E-state index contributed by atoms with van der Waals surface area (Å²) >= 11 is 9.65. The van der Waals surface area contributed by atoms with Gasteiger partial charge in [0.1, 0.15) is 0 Å². The summed E-state index contributed by atoms with van der Waals surface area (Å²) in [5.74, 6) is 5.64. The van der Waals surface area contributed by atoms with Crippen LogP contribution in [0.3, 0.4) is 0 Å². The maximum atomic E-state index is 6.23. The molecular weight excluding hydrogens is 328 g/mol. The van der Waals surface area contributed by atoms with Crippen LogP contribution in [0.25, 0.3) is 0 Å². The normalized spacial score (nSPS) is 20.7. The van der Waals surface area contributed by atoms with Crippen molar-refractivity contribution in [3.05, 3.63) is 33.3 Å². The van der Waals surface area contributed by atoms with Crippen molar-refractivity contribution in [2.75, 3.05) is 6.61 Å². The van der Waals surface area contributed by atoms with Gasteiger partial charge >= 0.3 is 0 Å². The number of halogens is 2. The van der Waals surface area contributed by atoms with Gasteiger partial charge in [0.2, 0.25) is 0 Å². The fourth-order valence-electron chi connectivity index (χ4n) is 2.46. The summed E-state index contributed by atoms with van der Waals surface area (Å²) in [7, 11) is 0. The first-order valence-electron chi connectivity index (χ1n) is 6.70. The minimum Gasteiger partial charge on any atom is -0.378 e. The Morgan fingerprint density at radius 1 is 1.53 bits per heavy atom. The van der Waals surface area contributed by atoms with E-state index in [2.05, 4.69) is 21.4 Å². The van der Waals surface area contributed by atoms with Gasteiger partial charge in [0, 0.05) is 22.1 Å². The second-order valence-electron chi connectivity index (χ2n) is 5.02. The molecule has 1 saturated heterocycles. The molecule has 0 spiro atoms. The number of nitrogens with one attached hydrogen (secondary N) is 1. The van der Waals surface area contributed by atoms with Crippen LogP contribution >= 0.6 is 27.5 Å². The molecule has 1 aliphatic rings. The molecular formula is C14H20BrClN2O. The molecule has 0 bridgehead atoms. The number of hydrogen-bond donors (Lipinski definition) is 2. The molecule has 0 amide bonds. The fraction of sp³-hybridized carbons (Fsp3) is 0.571. The van der Waals surface area contributed by atoms with E-state index in [0.29, 0.717) is 6.10 Å². The quantitative estimate of drug-likeness (QED) is 0.612. The van der Waals surface area contributed by atoms with Gasteiger partial charge in [0.15, 0.2) is 0 Å². The highest BCUT2D eigenvalue weighted by Gasteiger charge is 2.18. The minimum absolute atomic E-state index is 0.239. The highest BCUT2D eigenvalue weighted by Crippen LogP contribution is 2.24. The zero-order chi connectivity index (χ0) is 13.7. The Morgan fingerprint density at radius 2 is 2.37 bits per heavy atom.